The van der Waals surface area contributed by atoms with Gasteiger partial charge in [0.15, 0.2) is 0 Å². The maximum Gasteiger partial charge on any atom is 0.288 e. The summed E-state index contributed by atoms with van der Waals surface area (Å²) < 4.78 is 25.7. The van der Waals surface area contributed by atoms with Crippen LogP contribution in [-0.2, 0) is 0 Å². The van der Waals surface area contributed by atoms with Gasteiger partial charge in [0.25, 0.3) is 11.7 Å². The molecule has 1 aromatic carbocycles. The van der Waals surface area contributed by atoms with Gasteiger partial charge in [-0.2, -0.15) is 8.78 Å². The lowest BCUT2D eigenvalue weighted by Crippen LogP contribution is -2.25. The summed E-state index contributed by atoms with van der Waals surface area (Å²) in [4.78, 5) is 18.3. The molecule has 0 unspecified atom stereocenters. The highest BCUT2D eigenvalue weighted by Crippen LogP contribution is 2.40. The third kappa shape index (κ3) is 4.12. The van der Waals surface area contributed by atoms with E-state index in [9.17, 15) is 13.6 Å². The summed E-state index contributed by atoms with van der Waals surface area (Å²) in [7, 11) is 0. The zero-order valence-corrected chi connectivity index (χ0v) is 17.1. The number of hydrogen-bond donors (Lipinski definition) is 1. The molecule has 4 nitrogen and oxygen atoms in total. The lowest BCUT2D eigenvalue weighted by Gasteiger charge is -2.27. The number of thioether (sulfide) groups is 1. The molecule has 1 amide bonds. The van der Waals surface area contributed by atoms with Crippen molar-refractivity contribution in [3.8, 4) is 0 Å². The Balaban J connectivity index is 1.67. The summed E-state index contributed by atoms with van der Waals surface area (Å²) >= 11 is 1.63. The maximum absolute atomic E-state index is 13.0. The first-order chi connectivity index (χ1) is 13.6. The van der Waals surface area contributed by atoms with Gasteiger partial charge in [-0.25, -0.2) is 0 Å². The molecular formula is C20H23F2N3OS2. The zero-order chi connectivity index (χ0) is 19.5. The lowest BCUT2D eigenvalue weighted by molar-refractivity contribution is 0.102. The van der Waals surface area contributed by atoms with E-state index in [0.717, 1.165) is 68.9 Å². The Kier molecular flexibility index (Phi) is 6.06. The Morgan fingerprint density at radius 1 is 1.00 bits per heavy atom. The summed E-state index contributed by atoms with van der Waals surface area (Å²) in [6, 6.07) is 7.72. The van der Waals surface area contributed by atoms with Crippen molar-refractivity contribution < 1.29 is 13.6 Å². The van der Waals surface area contributed by atoms with Crippen LogP contribution in [0.25, 0.3) is 0 Å². The molecule has 0 saturated carbocycles. The van der Waals surface area contributed by atoms with E-state index in [1.807, 2.05) is 18.2 Å². The quantitative estimate of drug-likeness (QED) is 0.621. The lowest BCUT2D eigenvalue weighted by atomic mass is 10.2. The van der Waals surface area contributed by atoms with Crippen LogP contribution < -0.4 is 15.1 Å². The van der Waals surface area contributed by atoms with E-state index in [2.05, 4.69) is 15.1 Å². The first-order valence-electron chi connectivity index (χ1n) is 9.60. The van der Waals surface area contributed by atoms with E-state index < -0.39 is 5.76 Å². The molecule has 4 rings (SSSR count). The largest absolute Gasteiger partial charge is 0.370 e. The first-order valence-corrected chi connectivity index (χ1v) is 11.4. The molecule has 8 heteroatoms. The number of halogens is 2. The Morgan fingerprint density at radius 3 is 2.11 bits per heavy atom. The second-order valence-corrected chi connectivity index (χ2v) is 8.95. The second-order valence-electron chi connectivity index (χ2n) is 7.01. The van der Waals surface area contributed by atoms with Crippen LogP contribution in [0.1, 0.15) is 35.4 Å². The molecule has 150 valence electrons. The molecule has 0 atom stereocenters. The summed E-state index contributed by atoms with van der Waals surface area (Å²) in [6.45, 7) is 3.88. The smallest absolute Gasteiger partial charge is 0.288 e. The molecule has 2 aliphatic rings. The van der Waals surface area contributed by atoms with Gasteiger partial charge in [-0.05, 0) is 49.3 Å². The first kappa shape index (κ1) is 19.5. The number of para-hydroxylation sites is 1. The summed E-state index contributed by atoms with van der Waals surface area (Å²) in [5.74, 6) is -2.86. The standard InChI is InChI=1S/C20H23F2N3OS2/c21-20(22)28-16-8-13-27-18(16)19(26)23-17-14(24-9-1-2-10-24)6-5-7-15(17)25-11-3-4-12-25/h5-8,13,20H,1-4,9-12H2,(H,23,26). The molecule has 2 fully saturated rings. The van der Waals surface area contributed by atoms with Crippen LogP contribution >= 0.6 is 23.1 Å². The number of amides is 1. The Morgan fingerprint density at radius 2 is 1.57 bits per heavy atom. The predicted octanol–water partition coefficient (Wildman–Crippen LogP) is 5.52. The summed E-state index contributed by atoms with van der Waals surface area (Å²) in [6.07, 6.45) is 4.56. The van der Waals surface area contributed by atoms with Crippen LogP contribution in [0.4, 0.5) is 25.8 Å². The average Bonchev–Trinajstić information content (AvgIpc) is 3.43. The Hall–Kier alpha value is -1.80. The van der Waals surface area contributed by atoms with Crippen LogP contribution in [0.15, 0.2) is 34.5 Å². The normalized spacial score (nSPS) is 17.0. The number of carbonyl (C=O) groups excluding carboxylic acids is 1. The van der Waals surface area contributed by atoms with Gasteiger partial charge in [0.2, 0.25) is 0 Å². The molecule has 0 aliphatic carbocycles. The van der Waals surface area contributed by atoms with Gasteiger partial charge in [0.05, 0.1) is 17.1 Å². The molecule has 1 aromatic heterocycles. The van der Waals surface area contributed by atoms with Crippen LogP contribution in [0.3, 0.4) is 0 Å². The van der Waals surface area contributed by atoms with Gasteiger partial charge >= 0.3 is 0 Å². The average molecular weight is 424 g/mol. The van der Waals surface area contributed by atoms with Gasteiger partial charge in [-0.1, -0.05) is 17.8 Å². The number of nitrogens with zero attached hydrogens (tertiary/aromatic N) is 2. The molecule has 3 heterocycles. The molecule has 0 radical (unpaired) electrons. The Bertz CT molecular complexity index is 796. The van der Waals surface area contributed by atoms with Gasteiger partial charge in [0, 0.05) is 31.1 Å². The topological polar surface area (TPSA) is 35.6 Å². The minimum atomic E-state index is -2.54. The van der Waals surface area contributed by atoms with Crippen molar-refractivity contribution in [1.82, 2.24) is 0 Å². The van der Waals surface area contributed by atoms with E-state index in [4.69, 9.17) is 0 Å². The number of carbonyl (C=O) groups is 1. The Labute approximate surface area is 171 Å². The highest BCUT2D eigenvalue weighted by Gasteiger charge is 2.25. The minimum Gasteiger partial charge on any atom is -0.370 e. The molecule has 0 bridgehead atoms. The van der Waals surface area contributed by atoms with Crippen molar-refractivity contribution in [3.63, 3.8) is 0 Å². The molecule has 2 saturated heterocycles. The predicted molar refractivity (Wildman–Crippen MR) is 113 cm³/mol. The van der Waals surface area contributed by atoms with E-state index in [1.165, 1.54) is 11.3 Å². The second kappa shape index (κ2) is 8.69. The number of benzene rings is 1. The monoisotopic (exact) mass is 423 g/mol. The van der Waals surface area contributed by atoms with Crippen molar-refractivity contribution in [1.29, 1.82) is 0 Å². The molecule has 0 spiro atoms. The number of thiophene rings is 1. The maximum atomic E-state index is 13.0. The zero-order valence-electron chi connectivity index (χ0n) is 15.5. The van der Waals surface area contributed by atoms with Crippen molar-refractivity contribution in [2.75, 3.05) is 41.3 Å². The molecule has 28 heavy (non-hydrogen) atoms. The molecule has 2 aromatic rings. The number of anilines is 3. The molecule has 2 aliphatic heterocycles. The highest BCUT2D eigenvalue weighted by atomic mass is 32.2. The van der Waals surface area contributed by atoms with E-state index in [1.54, 1.807) is 11.4 Å². The third-order valence-electron chi connectivity index (χ3n) is 5.20. The van der Waals surface area contributed by atoms with E-state index >= 15 is 0 Å². The van der Waals surface area contributed by atoms with E-state index in [0.29, 0.717) is 21.5 Å². The van der Waals surface area contributed by atoms with Crippen molar-refractivity contribution in [3.05, 3.63) is 34.5 Å². The van der Waals surface area contributed by atoms with Crippen LogP contribution in [0, 0.1) is 0 Å². The van der Waals surface area contributed by atoms with Crippen LogP contribution in [0.5, 0.6) is 0 Å². The number of alkyl halides is 2. The van der Waals surface area contributed by atoms with Gasteiger partial charge in [-0.3, -0.25) is 4.79 Å². The van der Waals surface area contributed by atoms with Crippen LogP contribution in [-0.4, -0.2) is 37.8 Å². The summed E-state index contributed by atoms with van der Waals surface area (Å²) in [5.41, 5.74) is 2.85. The SMILES string of the molecule is O=C(Nc1c(N2CCCC2)cccc1N1CCCC1)c1sccc1SC(F)F. The van der Waals surface area contributed by atoms with E-state index in [-0.39, 0.29) is 5.91 Å². The minimum absolute atomic E-state index is 0.315. The number of nitrogens with one attached hydrogen (secondary N) is 1. The third-order valence-corrected chi connectivity index (χ3v) is 7.02. The number of rotatable bonds is 6. The molecular weight excluding hydrogens is 400 g/mol. The van der Waals surface area contributed by atoms with Crippen molar-refractivity contribution in [2.24, 2.45) is 0 Å². The number of hydrogen-bond acceptors (Lipinski definition) is 5. The van der Waals surface area contributed by atoms with Crippen molar-refractivity contribution >= 4 is 46.1 Å². The summed E-state index contributed by atoms with van der Waals surface area (Å²) in [5, 5.41) is 4.77. The molecule has 1 N–H and O–H groups in total. The van der Waals surface area contributed by atoms with Crippen LogP contribution in [0.2, 0.25) is 0 Å². The highest BCUT2D eigenvalue weighted by molar-refractivity contribution is 7.99. The fourth-order valence-electron chi connectivity index (χ4n) is 3.92. The van der Waals surface area contributed by atoms with Gasteiger partial charge < -0.3 is 15.1 Å². The van der Waals surface area contributed by atoms with Crippen molar-refractivity contribution in [2.45, 2.75) is 36.3 Å². The van der Waals surface area contributed by atoms with Gasteiger partial charge in [0.1, 0.15) is 4.88 Å². The fourth-order valence-corrected chi connectivity index (χ4v) is 5.52. The fraction of sp³-hybridized carbons (Fsp3) is 0.450. The van der Waals surface area contributed by atoms with Gasteiger partial charge in [-0.15, -0.1) is 11.3 Å².